The van der Waals surface area contributed by atoms with Gasteiger partial charge in [-0.2, -0.15) is 5.10 Å². The van der Waals surface area contributed by atoms with Gasteiger partial charge in [-0.25, -0.2) is 4.98 Å². The van der Waals surface area contributed by atoms with Crippen LogP contribution in [0.3, 0.4) is 0 Å². The van der Waals surface area contributed by atoms with Crippen molar-refractivity contribution >= 4 is 16.8 Å². The zero-order valence-electron chi connectivity index (χ0n) is 6.82. The Morgan fingerprint density at radius 1 is 1.54 bits per heavy atom. The van der Waals surface area contributed by atoms with Gasteiger partial charge in [0.15, 0.2) is 11.4 Å². The van der Waals surface area contributed by atoms with Crippen LogP contribution in [0.2, 0.25) is 0 Å². The zero-order valence-corrected chi connectivity index (χ0v) is 6.82. The molecule has 1 N–H and O–H groups in total. The van der Waals surface area contributed by atoms with Crippen LogP contribution in [0.1, 0.15) is 10.4 Å². The second-order valence-electron chi connectivity index (χ2n) is 2.60. The van der Waals surface area contributed by atoms with E-state index in [2.05, 4.69) is 21.8 Å². The largest absolute Gasteiger partial charge is 0.289 e. The Bertz CT molecular complexity index is 472. The van der Waals surface area contributed by atoms with Gasteiger partial charge in [0.25, 0.3) is 0 Å². The second kappa shape index (κ2) is 2.82. The lowest BCUT2D eigenvalue weighted by atomic mass is 10.1. The fraction of sp³-hybridized carbons (Fsp3) is 0. The first kappa shape index (κ1) is 7.67. The van der Waals surface area contributed by atoms with Crippen LogP contribution >= 0.6 is 0 Å². The highest BCUT2D eigenvalue weighted by atomic mass is 16.1. The third-order valence-electron chi connectivity index (χ3n) is 1.76. The fourth-order valence-electron chi connectivity index (χ4n) is 1.09. The van der Waals surface area contributed by atoms with Crippen LogP contribution in [-0.4, -0.2) is 21.0 Å². The summed E-state index contributed by atoms with van der Waals surface area (Å²) in [6.07, 6.45) is 4.40. The first-order valence-corrected chi connectivity index (χ1v) is 3.77. The molecule has 64 valence electrons. The number of ketones is 1. The van der Waals surface area contributed by atoms with Gasteiger partial charge in [-0.1, -0.05) is 6.58 Å². The van der Waals surface area contributed by atoms with Crippen LogP contribution in [0, 0.1) is 0 Å². The molecule has 2 heterocycles. The van der Waals surface area contributed by atoms with Crippen molar-refractivity contribution in [1.29, 1.82) is 0 Å². The van der Waals surface area contributed by atoms with Crippen molar-refractivity contribution in [3.8, 4) is 0 Å². The highest BCUT2D eigenvalue weighted by Crippen LogP contribution is 2.10. The maximum atomic E-state index is 11.2. The van der Waals surface area contributed by atoms with Crippen molar-refractivity contribution < 1.29 is 4.79 Å². The molecule has 0 aliphatic rings. The summed E-state index contributed by atoms with van der Waals surface area (Å²) in [5, 5.41) is 7.33. The molecule has 0 amide bonds. The summed E-state index contributed by atoms with van der Waals surface area (Å²) in [4.78, 5) is 15.2. The summed E-state index contributed by atoms with van der Waals surface area (Å²) in [7, 11) is 0. The lowest BCUT2D eigenvalue weighted by Crippen LogP contribution is -1.94. The van der Waals surface area contributed by atoms with E-state index in [0.29, 0.717) is 11.2 Å². The smallest absolute Gasteiger partial charge is 0.186 e. The predicted octanol–water partition coefficient (Wildman–Crippen LogP) is 1.33. The van der Waals surface area contributed by atoms with Gasteiger partial charge in [0, 0.05) is 17.1 Å². The Kier molecular flexibility index (Phi) is 1.66. The maximum absolute atomic E-state index is 11.2. The molecule has 13 heavy (non-hydrogen) atoms. The number of nitrogens with one attached hydrogen (secondary N) is 1. The number of hydrogen-bond donors (Lipinski definition) is 1. The Labute approximate surface area is 74.3 Å². The molecule has 0 saturated heterocycles. The third-order valence-corrected chi connectivity index (χ3v) is 1.76. The number of allylic oxidation sites excluding steroid dienone is 1. The molecule has 0 radical (unpaired) electrons. The Hall–Kier alpha value is -1.97. The van der Waals surface area contributed by atoms with Crippen LogP contribution in [0.4, 0.5) is 0 Å². The summed E-state index contributed by atoms with van der Waals surface area (Å²) in [5.41, 5.74) is 1.21. The number of H-pyrrole nitrogens is 1. The number of carbonyl (C=O) groups excluding carboxylic acids is 1. The molecule has 0 aromatic carbocycles. The van der Waals surface area contributed by atoms with E-state index in [1.807, 2.05) is 0 Å². The first-order chi connectivity index (χ1) is 6.31. The fourth-order valence-corrected chi connectivity index (χ4v) is 1.09. The van der Waals surface area contributed by atoms with Crippen LogP contribution in [-0.2, 0) is 0 Å². The van der Waals surface area contributed by atoms with Gasteiger partial charge in [0.2, 0.25) is 0 Å². The molecule has 0 spiro atoms. The molecule has 0 aliphatic heterocycles. The van der Waals surface area contributed by atoms with Gasteiger partial charge < -0.3 is 0 Å². The highest BCUT2D eigenvalue weighted by Gasteiger charge is 2.03. The van der Waals surface area contributed by atoms with Crippen LogP contribution in [0.5, 0.6) is 0 Å². The number of pyridine rings is 1. The van der Waals surface area contributed by atoms with Gasteiger partial charge in [-0.05, 0) is 12.1 Å². The molecule has 0 aliphatic carbocycles. The number of carbonyl (C=O) groups is 1. The topological polar surface area (TPSA) is 58.6 Å². The molecule has 0 unspecified atom stereocenters. The van der Waals surface area contributed by atoms with Gasteiger partial charge in [-0.3, -0.25) is 9.89 Å². The van der Waals surface area contributed by atoms with E-state index >= 15 is 0 Å². The molecule has 0 saturated carbocycles. The summed E-state index contributed by atoms with van der Waals surface area (Å²) in [6, 6.07) is 1.73. The molecular weight excluding hydrogens is 166 g/mol. The SMILES string of the molecule is C=CC(=O)c1cnc2[nH]ncc2c1. The summed E-state index contributed by atoms with van der Waals surface area (Å²) >= 11 is 0. The van der Waals surface area contributed by atoms with Crippen molar-refractivity contribution in [3.05, 3.63) is 36.7 Å². The molecular formula is C9H7N3O. The van der Waals surface area contributed by atoms with E-state index in [-0.39, 0.29) is 5.78 Å². The monoisotopic (exact) mass is 173 g/mol. The lowest BCUT2D eigenvalue weighted by molar-refractivity contribution is 0.104. The number of hydrogen-bond acceptors (Lipinski definition) is 3. The van der Waals surface area contributed by atoms with E-state index in [4.69, 9.17) is 0 Å². The normalized spacial score (nSPS) is 10.2. The minimum Gasteiger partial charge on any atom is -0.289 e. The standard InChI is InChI=1S/C9H7N3O/c1-2-8(13)6-3-7-5-11-12-9(7)10-4-6/h2-5H,1H2,(H,10,11,12). The molecule has 0 fully saturated rings. The van der Waals surface area contributed by atoms with Gasteiger partial charge in [0.05, 0.1) is 6.20 Å². The summed E-state index contributed by atoms with van der Waals surface area (Å²) in [6.45, 7) is 3.40. The Morgan fingerprint density at radius 3 is 3.15 bits per heavy atom. The van der Waals surface area contributed by atoms with Crippen molar-refractivity contribution in [1.82, 2.24) is 15.2 Å². The van der Waals surface area contributed by atoms with Gasteiger partial charge in [-0.15, -0.1) is 0 Å². The number of aromatic nitrogens is 3. The van der Waals surface area contributed by atoms with Crippen molar-refractivity contribution in [2.24, 2.45) is 0 Å². The third kappa shape index (κ3) is 1.22. The van der Waals surface area contributed by atoms with Gasteiger partial charge >= 0.3 is 0 Å². The van der Waals surface area contributed by atoms with Crippen LogP contribution < -0.4 is 0 Å². The van der Waals surface area contributed by atoms with Crippen molar-refractivity contribution in [2.45, 2.75) is 0 Å². The number of fused-ring (bicyclic) bond motifs is 1. The molecule has 0 bridgehead atoms. The minimum atomic E-state index is -0.129. The van der Waals surface area contributed by atoms with Crippen molar-refractivity contribution in [2.75, 3.05) is 0 Å². The first-order valence-electron chi connectivity index (χ1n) is 3.77. The maximum Gasteiger partial charge on any atom is 0.186 e. The lowest BCUT2D eigenvalue weighted by Gasteiger charge is -1.93. The van der Waals surface area contributed by atoms with E-state index < -0.39 is 0 Å². The Balaban J connectivity index is 2.60. The quantitative estimate of drug-likeness (QED) is 0.550. The molecule has 2 aromatic heterocycles. The minimum absolute atomic E-state index is 0.129. The zero-order chi connectivity index (χ0) is 9.26. The number of aromatic amines is 1. The van der Waals surface area contributed by atoms with E-state index in [9.17, 15) is 4.79 Å². The predicted molar refractivity (Wildman–Crippen MR) is 48.4 cm³/mol. The molecule has 2 rings (SSSR count). The number of nitrogens with zero attached hydrogens (tertiary/aromatic N) is 2. The summed E-state index contributed by atoms with van der Waals surface area (Å²) < 4.78 is 0. The van der Waals surface area contributed by atoms with Gasteiger partial charge in [0.1, 0.15) is 0 Å². The average molecular weight is 173 g/mol. The van der Waals surface area contributed by atoms with Crippen LogP contribution in [0.25, 0.3) is 11.0 Å². The highest BCUT2D eigenvalue weighted by molar-refractivity contribution is 6.05. The number of rotatable bonds is 2. The molecule has 4 heteroatoms. The Morgan fingerprint density at radius 2 is 2.38 bits per heavy atom. The van der Waals surface area contributed by atoms with E-state index in [1.54, 1.807) is 12.3 Å². The van der Waals surface area contributed by atoms with Crippen molar-refractivity contribution in [3.63, 3.8) is 0 Å². The molecule has 2 aromatic rings. The second-order valence-corrected chi connectivity index (χ2v) is 2.60. The molecule has 0 atom stereocenters. The average Bonchev–Trinajstić information content (AvgIpc) is 2.63. The van der Waals surface area contributed by atoms with E-state index in [0.717, 1.165) is 5.39 Å². The summed E-state index contributed by atoms with van der Waals surface area (Å²) in [5.74, 6) is -0.129. The van der Waals surface area contributed by atoms with Crippen LogP contribution in [0.15, 0.2) is 31.1 Å². The molecule has 4 nitrogen and oxygen atoms in total. The van der Waals surface area contributed by atoms with E-state index in [1.165, 1.54) is 12.3 Å².